The minimum Gasteiger partial charge on any atom is -0.507 e. The summed E-state index contributed by atoms with van der Waals surface area (Å²) < 4.78 is 19.0. The molecule has 0 radical (unpaired) electrons. The van der Waals surface area contributed by atoms with Crippen molar-refractivity contribution in [3.05, 3.63) is 92.5 Å². The fourth-order valence-electron chi connectivity index (χ4n) is 6.13. The van der Waals surface area contributed by atoms with Gasteiger partial charge in [0.15, 0.2) is 28.7 Å². The summed E-state index contributed by atoms with van der Waals surface area (Å²) in [7, 11) is 0. The molecule has 0 spiro atoms. The molecule has 43 heavy (non-hydrogen) atoms. The average molecular weight is 590 g/mol. The van der Waals surface area contributed by atoms with Crippen LogP contribution in [0, 0.1) is 10.1 Å². The van der Waals surface area contributed by atoms with Gasteiger partial charge in [-0.2, -0.15) is 0 Å². The van der Waals surface area contributed by atoms with Crippen LogP contribution >= 0.6 is 0 Å². The van der Waals surface area contributed by atoms with Gasteiger partial charge in [0.2, 0.25) is 0 Å². The molecular formula is C30H23NO12. The number of hydrogen-bond donors (Lipinski definition) is 7. The third-order valence-corrected chi connectivity index (χ3v) is 8.16. The number of ether oxygens (including phenoxy) is 3. The van der Waals surface area contributed by atoms with Crippen LogP contribution in [0.15, 0.2) is 54.6 Å². The summed E-state index contributed by atoms with van der Waals surface area (Å²) in [4.78, 5) is 11.1. The summed E-state index contributed by atoms with van der Waals surface area (Å²) in [6, 6.07) is 11.6. The molecule has 7 N–H and O–H groups in total. The van der Waals surface area contributed by atoms with Crippen LogP contribution in [0.2, 0.25) is 0 Å². The first-order valence-electron chi connectivity index (χ1n) is 13.1. The lowest BCUT2D eigenvalue weighted by Gasteiger charge is -2.47. The Labute approximate surface area is 241 Å². The zero-order chi connectivity index (χ0) is 30.4. The van der Waals surface area contributed by atoms with E-state index in [0.717, 1.165) is 12.1 Å². The number of nitro groups is 1. The van der Waals surface area contributed by atoms with Crippen LogP contribution in [0.5, 0.6) is 51.7 Å². The lowest BCUT2D eigenvalue weighted by molar-refractivity contribution is -0.385. The van der Waals surface area contributed by atoms with Crippen molar-refractivity contribution < 1.29 is 54.9 Å². The van der Waals surface area contributed by atoms with E-state index in [4.69, 9.17) is 14.2 Å². The van der Waals surface area contributed by atoms with Gasteiger partial charge in [0.1, 0.15) is 29.1 Å². The molecule has 0 fully saturated rings. The van der Waals surface area contributed by atoms with Gasteiger partial charge in [-0.05, 0) is 35.9 Å². The second kappa shape index (κ2) is 8.97. The van der Waals surface area contributed by atoms with Crippen LogP contribution in [0.4, 0.5) is 5.69 Å². The molecule has 7 rings (SSSR count). The molecule has 0 amide bonds. The Morgan fingerprint density at radius 3 is 2.23 bits per heavy atom. The number of phenols is 6. The molecule has 0 saturated heterocycles. The summed E-state index contributed by atoms with van der Waals surface area (Å²) in [6.45, 7) is 0. The van der Waals surface area contributed by atoms with Crippen molar-refractivity contribution in [1.29, 1.82) is 0 Å². The molecule has 2 bridgehead atoms. The van der Waals surface area contributed by atoms with Crippen LogP contribution in [0.3, 0.4) is 0 Å². The van der Waals surface area contributed by atoms with E-state index in [1.807, 2.05) is 0 Å². The number of non-ortho nitro benzene ring substituents is 1. The minimum absolute atomic E-state index is 0.0361. The number of rotatable bonds is 3. The van der Waals surface area contributed by atoms with Gasteiger partial charge in [-0.25, -0.2) is 0 Å². The molecule has 3 heterocycles. The third kappa shape index (κ3) is 3.89. The van der Waals surface area contributed by atoms with Crippen molar-refractivity contribution in [2.75, 3.05) is 0 Å². The Bertz CT molecular complexity index is 1830. The molecular weight excluding hydrogens is 566 g/mol. The topological polar surface area (TPSA) is 212 Å². The number of nitrogens with zero attached hydrogens (tertiary/aromatic N) is 1. The first kappa shape index (κ1) is 26.3. The quantitative estimate of drug-likeness (QED) is 0.103. The molecule has 0 saturated carbocycles. The minimum atomic E-state index is -1.72. The fourth-order valence-corrected chi connectivity index (χ4v) is 6.13. The van der Waals surface area contributed by atoms with Gasteiger partial charge in [0.05, 0.1) is 11.0 Å². The first-order chi connectivity index (χ1) is 20.5. The average Bonchev–Trinajstić information content (AvgIpc) is 2.96. The van der Waals surface area contributed by atoms with Crippen LogP contribution in [0.1, 0.15) is 46.3 Å². The summed E-state index contributed by atoms with van der Waals surface area (Å²) in [5, 5.41) is 84.1. The van der Waals surface area contributed by atoms with Crippen molar-refractivity contribution in [2.24, 2.45) is 0 Å². The standard InChI is InChI=1S/C30H23NO12/c32-18-3-1-12(5-20(18)34)28-23(37)9-16-19(33)10-25-26(29(16)41-28)17-11-30(43-25,13-6-21(35)27(38)22(36)7-13)42-24-4-2-14(31(39)40)8-15(17)24/h1-8,10,17,23,28,32-38H,9,11H2/t17-,23+,28-,30-/m1/s1. The predicted octanol–water partition coefficient (Wildman–Crippen LogP) is 4.03. The lowest BCUT2D eigenvalue weighted by Crippen LogP contribution is -2.47. The Kier molecular flexibility index (Phi) is 5.49. The highest BCUT2D eigenvalue weighted by atomic mass is 16.7. The molecule has 0 aliphatic carbocycles. The molecule has 0 aromatic heterocycles. The monoisotopic (exact) mass is 589 g/mol. The highest BCUT2D eigenvalue weighted by molar-refractivity contribution is 5.66. The molecule has 220 valence electrons. The highest BCUT2D eigenvalue weighted by Crippen LogP contribution is 2.61. The largest absolute Gasteiger partial charge is 0.507 e. The van der Waals surface area contributed by atoms with Crippen molar-refractivity contribution in [1.82, 2.24) is 0 Å². The van der Waals surface area contributed by atoms with Gasteiger partial charge in [-0.3, -0.25) is 10.1 Å². The second-order valence-corrected chi connectivity index (χ2v) is 10.7. The smallest absolute Gasteiger partial charge is 0.279 e. The number of fused-ring (bicyclic) bond motifs is 8. The van der Waals surface area contributed by atoms with Gasteiger partial charge < -0.3 is 50.0 Å². The maximum absolute atomic E-state index is 11.7. The Balaban J connectivity index is 1.44. The third-order valence-electron chi connectivity index (χ3n) is 8.16. The lowest BCUT2D eigenvalue weighted by atomic mass is 9.76. The summed E-state index contributed by atoms with van der Waals surface area (Å²) >= 11 is 0. The van der Waals surface area contributed by atoms with E-state index in [1.54, 1.807) is 0 Å². The Morgan fingerprint density at radius 2 is 1.53 bits per heavy atom. The van der Waals surface area contributed by atoms with Crippen LogP contribution < -0.4 is 14.2 Å². The van der Waals surface area contributed by atoms with Gasteiger partial charge in [-0.1, -0.05) is 6.07 Å². The summed E-state index contributed by atoms with van der Waals surface area (Å²) in [5.74, 6) is -5.08. The number of aliphatic hydroxyl groups is 1. The second-order valence-electron chi connectivity index (χ2n) is 10.7. The molecule has 13 nitrogen and oxygen atoms in total. The Morgan fingerprint density at radius 1 is 0.814 bits per heavy atom. The van der Waals surface area contributed by atoms with E-state index < -0.39 is 51.8 Å². The molecule has 4 aromatic carbocycles. The normalized spacial score (nSPS) is 23.0. The molecule has 4 aromatic rings. The maximum atomic E-state index is 11.7. The molecule has 4 atom stereocenters. The number of aromatic hydroxyl groups is 6. The van der Waals surface area contributed by atoms with Crippen LogP contribution in [0.25, 0.3) is 0 Å². The van der Waals surface area contributed by atoms with Gasteiger partial charge in [0, 0.05) is 59.2 Å². The van der Waals surface area contributed by atoms with Gasteiger partial charge in [0.25, 0.3) is 11.5 Å². The van der Waals surface area contributed by atoms with E-state index in [9.17, 15) is 45.9 Å². The fraction of sp³-hybridized carbons (Fsp3) is 0.200. The molecule has 0 unspecified atom stereocenters. The molecule has 3 aliphatic heterocycles. The zero-order valence-corrected chi connectivity index (χ0v) is 22.0. The first-order valence-corrected chi connectivity index (χ1v) is 13.1. The predicted molar refractivity (Wildman–Crippen MR) is 145 cm³/mol. The van der Waals surface area contributed by atoms with Crippen molar-refractivity contribution >= 4 is 5.69 Å². The zero-order valence-electron chi connectivity index (χ0n) is 22.0. The number of phenolic OH excluding ortho intramolecular Hbond substituents is 6. The summed E-state index contributed by atoms with van der Waals surface area (Å²) in [5.41, 5.74) is 1.33. The van der Waals surface area contributed by atoms with Crippen molar-refractivity contribution in [3.8, 4) is 51.7 Å². The Hall–Kier alpha value is -5.56. The number of aliphatic hydroxyl groups excluding tert-OH is 1. The SMILES string of the molecule is O=[N+]([O-])c1ccc2c(c1)[C@H]1C[C@@](c3cc(O)c(O)c(O)c3)(O2)Oc2cc(O)c3c(c21)O[C@H](c1ccc(O)c(O)c1)[C@@H](O)C3. The maximum Gasteiger partial charge on any atom is 0.279 e. The number of benzene rings is 4. The van der Waals surface area contributed by atoms with Gasteiger partial charge >= 0.3 is 0 Å². The molecule has 3 aliphatic rings. The van der Waals surface area contributed by atoms with E-state index in [2.05, 4.69) is 0 Å². The van der Waals surface area contributed by atoms with E-state index in [-0.39, 0.29) is 58.4 Å². The van der Waals surface area contributed by atoms with E-state index in [0.29, 0.717) is 16.7 Å². The van der Waals surface area contributed by atoms with E-state index >= 15 is 0 Å². The van der Waals surface area contributed by atoms with Crippen molar-refractivity contribution in [3.63, 3.8) is 0 Å². The summed E-state index contributed by atoms with van der Waals surface area (Å²) in [6.07, 6.45) is -2.29. The van der Waals surface area contributed by atoms with E-state index in [1.165, 1.54) is 42.5 Å². The number of nitro benzene ring substituents is 1. The van der Waals surface area contributed by atoms with Crippen LogP contribution in [-0.4, -0.2) is 46.8 Å². The van der Waals surface area contributed by atoms with Crippen LogP contribution in [-0.2, 0) is 12.2 Å². The molecule has 13 heteroatoms. The highest BCUT2D eigenvalue weighted by Gasteiger charge is 2.53. The number of hydrogen-bond acceptors (Lipinski definition) is 12. The van der Waals surface area contributed by atoms with Gasteiger partial charge in [-0.15, -0.1) is 0 Å². The van der Waals surface area contributed by atoms with Crippen molar-refractivity contribution in [2.45, 2.75) is 36.8 Å².